The third kappa shape index (κ3) is 2.31. The van der Waals surface area contributed by atoms with Gasteiger partial charge in [-0.05, 0) is 0 Å². The molecule has 0 aliphatic carbocycles. The normalized spacial score (nSPS) is 42.0. The van der Waals surface area contributed by atoms with Crippen molar-refractivity contribution in [3.05, 3.63) is 0 Å². The fraction of sp³-hybridized carbons (Fsp3) is 1.00. The number of hydrogen-bond donors (Lipinski definition) is 3. The Labute approximate surface area is 71.6 Å². The summed E-state index contributed by atoms with van der Waals surface area (Å²) in [4.78, 5) is 0. The van der Waals surface area contributed by atoms with Gasteiger partial charge in [0.25, 0.3) is 0 Å². The van der Waals surface area contributed by atoms with Gasteiger partial charge >= 0.3 is 6.18 Å². The summed E-state index contributed by atoms with van der Waals surface area (Å²) in [5.41, 5.74) is 0. The van der Waals surface area contributed by atoms with Crippen molar-refractivity contribution in [2.24, 2.45) is 0 Å². The minimum atomic E-state index is -4.79. The Hall–Kier alpha value is -0.370. The maximum atomic E-state index is 12.0. The van der Waals surface area contributed by atoms with Crippen LogP contribution < -0.4 is 0 Å². The first-order valence-corrected chi connectivity index (χ1v) is 3.58. The number of halogens is 3. The van der Waals surface area contributed by atoms with E-state index in [1.807, 2.05) is 0 Å². The highest BCUT2D eigenvalue weighted by atomic mass is 19.4. The second-order valence-electron chi connectivity index (χ2n) is 2.85. The Morgan fingerprint density at radius 3 is 2.15 bits per heavy atom. The highest BCUT2D eigenvalue weighted by Crippen LogP contribution is 2.31. The molecule has 0 spiro atoms. The van der Waals surface area contributed by atoms with Gasteiger partial charge in [-0.1, -0.05) is 0 Å². The monoisotopic (exact) mass is 202 g/mol. The largest absolute Gasteiger partial charge is 0.417 e. The third-order valence-corrected chi connectivity index (χ3v) is 1.77. The predicted molar refractivity (Wildman–Crippen MR) is 33.6 cm³/mol. The van der Waals surface area contributed by atoms with Gasteiger partial charge in [0.05, 0.1) is 6.10 Å². The molecule has 0 aromatic heterocycles. The first kappa shape index (κ1) is 10.7. The van der Waals surface area contributed by atoms with Crippen LogP contribution in [0, 0.1) is 0 Å². The van der Waals surface area contributed by atoms with Crippen molar-refractivity contribution in [1.82, 2.24) is 0 Å². The van der Waals surface area contributed by atoms with Gasteiger partial charge < -0.3 is 20.1 Å². The number of aliphatic hydroxyl groups is 3. The maximum absolute atomic E-state index is 12.0. The molecular weight excluding hydrogens is 193 g/mol. The number of alkyl halides is 3. The van der Waals surface area contributed by atoms with E-state index in [-0.39, 0.29) is 0 Å². The van der Waals surface area contributed by atoms with E-state index in [0.29, 0.717) is 0 Å². The molecule has 7 heteroatoms. The van der Waals surface area contributed by atoms with Gasteiger partial charge in [0.1, 0.15) is 6.10 Å². The van der Waals surface area contributed by atoms with Crippen LogP contribution in [0.1, 0.15) is 6.42 Å². The molecule has 1 aliphatic rings. The van der Waals surface area contributed by atoms with Gasteiger partial charge in [0.2, 0.25) is 0 Å². The van der Waals surface area contributed by atoms with E-state index in [0.717, 1.165) is 0 Å². The van der Waals surface area contributed by atoms with Crippen LogP contribution in [-0.2, 0) is 4.74 Å². The van der Waals surface area contributed by atoms with Crippen molar-refractivity contribution in [2.45, 2.75) is 37.2 Å². The molecule has 0 bridgehead atoms. The zero-order valence-electron chi connectivity index (χ0n) is 6.40. The molecule has 0 radical (unpaired) electrons. The van der Waals surface area contributed by atoms with E-state index in [2.05, 4.69) is 4.74 Å². The maximum Gasteiger partial charge on any atom is 0.417 e. The van der Waals surface area contributed by atoms with Crippen LogP contribution in [0.15, 0.2) is 0 Å². The second-order valence-corrected chi connectivity index (χ2v) is 2.85. The van der Waals surface area contributed by atoms with Gasteiger partial charge in [-0.2, -0.15) is 13.2 Å². The average molecular weight is 202 g/mol. The lowest BCUT2D eigenvalue weighted by Crippen LogP contribution is -2.54. The number of rotatable bonds is 0. The molecule has 0 saturated carbocycles. The SMILES string of the molecule is O[C@H]1[C@H](O)C[C@H](O)O[C@@H]1C(F)(F)F. The van der Waals surface area contributed by atoms with E-state index < -0.39 is 37.2 Å². The van der Waals surface area contributed by atoms with Crippen molar-refractivity contribution in [3.63, 3.8) is 0 Å². The summed E-state index contributed by atoms with van der Waals surface area (Å²) in [6.45, 7) is 0. The van der Waals surface area contributed by atoms with Crippen LogP contribution in [0.25, 0.3) is 0 Å². The first-order chi connectivity index (χ1) is 5.82. The third-order valence-electron chi connectivity index (χ3n) is 1.77. The van der Waals surface area contributed by atoms with E-state index in [1.165, 1.54) is 0 Å². The van der Waals surface area contributed by atoms with E-state index in [9.17, 15) is 13.2 Å². The molecule has 78 valence electrons. The molecule has 1 fully saturated rings. The Balaban J connectivity index is 2.72. The van der Waals surface area contributed by atoms with E-state index >= 15 is 0 Å². The number of hydrogen-bond acceptors (Lipinski definition) is 4. The highest BCUT2D eigenvalue weighted by Gasteiger charge is 2.51. The fourth-order valence-electron chi connectivity index (χ4n) is 1.12. The fourth-order valence-corrected chi connectivity index (χ4v) is 1.12. The van der Waals surface area contributed by atoms with Gasteiger partial charge in [0, 0.05) is 6.42 Å². The van der Waals surface area contributed by atoms with Crippen molar-refractivity contribution in [1.29, 1.82) is 0 Å². The molecular formula is C6H9F3O4. The van der Waals surface area contributed by atoms with Gasteiger partial charge in [-0.15, -0.1) is 0 Å². The smallest absolute Gasteiger partial charge is 0.390 e. The van der Waals surface area contributed by atoms with Crippen LogP contribution in [0.5, 0.6) is 0 Å². The van der Waals surface area contributed by atoms with E-state index in [1.54, 1.807) is 0 Å². The zero-order chi connectivity index (χ0) is 10.2. The minimum Gasteiger partial charge on any atom is -0.390 e. The van der Waals surface area contributed by atoms with Crippen molar-refractivity contribution in [3.8, 4) is 0 Å². The summed E-state index contributed by atoms with van der Waals surface area (Å²) in [5.74, 6) is 0. The first-order valence-electron chi connectivity index (χ1n) is 3.58. The van der Waals surface area contributed by atoms with Gasteiger partial charge in [0.15, 0.2) is 12.4 Å². The highest BCUT2D eigenvalue weighted by molar-refractivity contribution is 4.86. The molecule has 4 atom stereocenters. The molecule has 13 heavy (non-hydrogen) atoms. The average Bonchev–Trinajstić information content (AvgIpc) is 1.94. The van der Waals surface area contributed by atoms with Crippen molar-refractivity contribution >= 4 is 0 Å². The minimum absolute atomic E-state index is 0.423. The Morgan fingerprint density at radius 2 is 1.69 bits per heavy atom. The molecule has 3 N–H and O–H groups in total. The van der Waals surface area contributed by atoms with Crippen LogP contribution in [-0.4, -0.2) is 46.1 Å². The molecule has 4 nitrogen and oxygen atoms in total. The lowest BCUT2D eigenvalue weighted by Gasteiger charge is -2.35. The second kappa shape index (κ2) is 3.41. The molecule has 0 aromatic rings. The summed E-state index contributed by atoms with van der Waals surface area (Å²) < 4.78 is 40.1. The summed E-state index contributed by atoms with van der Waals surface area (Å²) >= 11 is 0. The summed E-state index contributed by atoms with van der Waals surface area (Å²) in [7, 11) is 0. The molecule has 1 heterocycles. The Morgan fingerprint density at radius 1 is 1.15 bits per heavy atom. The van der Waals surface area contributed by atoms with Crippen molar-refractivity contribution < 1.29 is 33.2 Å². The van der Waals surface area contributed by atoms with Gasteiger partial charge in [-0.3, -0.25) is 0 Å². The standard InChI is InChI=1S/C6H9F3O4/c7-6(8,9)5-4(12)2(10)1-3(11)13-5/h2-5,10-12H,1H2/t2-,3-,4+,5+/m1/s1. The molecule has 0 unspecified atom stereocenters. The van der Waals surface area contributed by atoms with Gasteiger partial charge in [-0.25, -0.2) is 0 Å². The molecule has 1 saturated heterocycles. The summed E-state index contributed by atoms with van der Waals surface area (Å²) in [6.07, 6.45) is -13.1. The molecule has 1 aliphatic heterocycles. The molecule has 0 aromatic carbocycles. The predicted octanol–water partition coefficient (Wildman–Crippen LogP) is -0.622. The van der Waals surface area contributed by atoms with Crippen molar-refractivity contribution in [2.75, 3.05) is 0 Å². The quantitative estimate of drug-likeness (QED) is 0.489. The zero-order valence-corrected chi connectivity index (χ0v) is 6.40. The van der Waals surface area contributed by atoms with Crippen LogP contribution in [0.4, 0.5) is 13.2 Å². The summed E-state index contributed by atoms with van der Waals surface area (Å²) in [6, 6.07) is 0. The summed E-state index contributed by atoms with van der Waals surface area (Å²) in [5, 5.41) is 26.5. The van der Waals surface area contributed by atoms with Crippen LogP contribution in [0.2, 0.25) is 0 Å². The lowest BCUT2D eigenvalue weighted by atomic mass is 10.0. The van der Waals surface area contributed by atoms with Crippen LogP contribution in [0.3, 0.4) is 0 Å². The number of aliphatic hydroxyl groups excluding tert-OH is 3. The Bertz CT molecular complexity index is 183. The molecule has 1 rings (SSSR count). The Kier molecular flexibility index (Phi) is 2.81. The number of ether oxygens (including phenoxy) is 1. The lowest BCUT2D eigenvalue weighted by molar-refractivity contribution is -0.320. The van der Waals surface area contributed by atoms with Crippen LogP contribution >= 0.6 is 0 Å². The molecule has 0 amide bonds. The topological polar surface area (TPSA) is 69.9 Å². The van der Waals surface area contributed by atoms with E-state index in [4.69, 9.17) is 15.3 Å².